The smallest absolute Gasteiger partial charge is 0.262 e. The number of benzene rings is 2. The van der Waals surface area contributed by atoms with Crippen LogP contribution in [0, 0.1) is 0 Å². The predicted molar refractivity (Wildman–Crippen MR) is 119 cm³/mol. The van der Waals surface area contributed by atoms with Crippen LogP contribution in [0.3, 0.4) is 0 Å². The molecule has 5 nitrogen and oxygen atoms in total. The Bertz CT molecular complexity index is 1260. The minimum Gasteiger partial charge on any atom is -0.333 e. The SMILES string of the molecule is O=C(c1ccccc1)N1CCc2c(sc3ncn(CCc4ccccc4)c(=O)c23)C1. The van der Waals surface area contributed by atoms with E-state index in [0.29, 0.717) is 31.6 Å². The highest BCUT2D eigenvalue weighted by atomic mass is 32.1. The zero-order valence-corrected chi connectivity index (χ0v) is 17.3. The number of aryl methyl sites for hydroxylation is 2. The summed E-state index contributed by atoms with van der Waals surface area (Å²) in [5, 5.41) is 0.734. The number of fused-ring (bicyclic) bond motifs is 3. The van der Waals surface area contributed by atoms with Crippen molar-refractivity contribution in [3.05, 3.63) is 98.9 Å². The molecule has 30 heavy (non-hydrogen) atoms. The normalized spacial score (nSPS) is 13.4. The quantitative estimate of drug-likeness (QED) is 0.508. The zero-order chi connectivity index (χ0) is 20.5. The lowest BCUT2D eigenvalue weighted by atomic mass is 10.0. The number of thiophene rings is 1. The van der Waals surface area contributed by atoms with Gasteiger partial charge < -0.3 is 4.90 Å². The summed E-state index contributed by atoms with van der Waals surface area (Å²) in [5.74, 6) is 0.0342. The van der Waals surface area contributed by atoms with Crippen LogP contribution in [-0.4, -0.2) is 26.9 Å². The lowest BCUT2D eigenvalue weighted by Gasteiger charge is -2.27. The van der Waals surface area contributed by atoms with Crippen molar-refractivity contribution in [2.75, 3.05) is 6.54 Å². The lowest BCUT2D eigenvalue weighted by Crippen LogP contribution is -2.35. The van der Waals surface area contributed by atoms with Gasteiger partial charge in [-0.25, -0.2) is 4.98 Å². The molecule has 0 saturated heterocycles. The standard InChI is InChI=1S/C24H21N3O2S/c28-23(18-9-5-2-6-10-18)26-14-12-19-20(15-26)30-22-21(19)24(29)27(16-25-22)13-11-17-7-3-1-4-8-17/h1-10,16H,11-15H2. The van der Waals surface area contributed by atoms with E-state index in [1.54, 1.807) is 10.9 Å². The minimum atomic E-state index is 0.0243. The first-order valence-corrected chi connectivity index (χ1v) is 10.9. The van der Waals surface area contributed by atoms with Gasteiger partial charge in [0, 0.05) is 23.5 Å². The average Bonchev–Trinajstić information content (AvgIpc) is 3.18. The largest absolute Gasteiger partial charge is 0.333 e. The van der Waals surface area contributed by atoms with Crippen LogP contribution in [0.2, 0.25) is 0 Å². The maximum atomic E-state index is 13.2. The molecule has 0 aliphatic carbocycles. The van der Waals surface area contributed by atoms with E-state index in [1.165, 1.54) is 16.9 Å². The van der Waals surface area contributed by atoms with Crippen LogP contribution < -0.4 is 5.56 Å². The molecule has 4 aromatic rings. The van der Waals surface area contributed by atoms with Crippen molar-refractivity contribution in [3.63, 3.8) is 0 Å². The van der Waals surface area contributed by atoms with Crippen LogP contribution in [0.5, 0.6) is 0 Å². The summed E-state index contributed by atoms with van der Waals surface area (Å²) in [6, 6.07) is 19.5. The molecule has 2 aromatic carbocycles. The summed E-state index contributed by atoms with van der Waals surface area (Å²) in [7, 11) is 0. The van der Waals surface area contributed by atoms with E-state index >= 15 is 0 Å². The number of aromatic nitrogens is 2. The summed E-state index contributed by atoms with van der Waals surface area (Å²) in [6.07, 6.45) is 3.13. The molecule has 0 unspecified atom stereocenters. The Morgan fingerprint density at radius 3 is 2.53 bits per heavy atom. The maximum Gasteiger partial charge on any atom is 0.262 e. The molecule has 0 atom stereocenters. The van der Waals surface area contributed by atoms with Gasteiger partial charge in [-0.3, -0.25) is 14.2 Å². The van der Waals surface area contributed by atoms with Gasteiger partial charge in [-0.15, -0.1) is 11.3 Å². The molecular formula is C24H21N3O2S. The Labute approximate surface area is 178 Å². The van der Waals surface area contributed by atoms with Gasteiger partial charge in [-0.2, -0.15) is 0 Å². The summed E-state index contributed by atoms with van der Waals surface area (Å²) >= 11 is 1.54. The first kappa shape index (κ1) is 18.8. The number of nitrogens with zero attached hydrogens (tertiary/aromatic N) is 3. The molecule has 0 spiro atoms. The average molecular weight is 416 g/mol. The fraction of sp³-hybridized carbons (Fsp3) is 0.208. The molecule has 0 fully saturated rings. The van der Waals surface area contributed by atoms with Crippen LogP contribution in [0.1, 0.15) is 26.4 Å². The van der Waals surface area contributed by atoms with E-state index in [-0.39, 0.29) is 11.5 Å². The van der Waals surface area contributed by atoms with E-state index in [0.717, 1.165) is 27.1 Å². The van der Waals surface area contributed by atoms with E-state index < -0.39 is 0 Å². The highest BCUT2D eigenvalue weighted by molar-refractivity contribution is 7.18. The lowest BCUT2D eigenvalue weighted by molar-refractivity contribution is 0.0737. The number of amides is 1. The Morgan fingerprint density at radius 1 is 1.03 bits per heavy atom. The third-order valence-electron chi connectivity index (χ3n) is 5.62. The van der Waals surface area contributed by atoms with Crippen molar-refractivity contribution in [3.8, 4) is 0 Å². The van der Waals surface area contributed by atoms with E-state index in [2.05, 4.69) is 17.1 Å². The van der Waals surface area contributed by atoms with Crippen molar-refractivity contribution < 1.29 is 4.79 Å². The van der Waals surface area contributed by atoms with Crippen molar-refractivity contribution in [1.82, 2.24) is 14.5 Å². The van der Waals surface area contributed by atoms with E-state index in [1.807, 2.05) is 53.4 Å². The molecule has 0 saturated carbocycles. The van der Waals surface area contributed by atoms with Gasteiger partial charge in [0.2, 0.25) is 0 Å². The second kappa shape index (κ2) is 7.88. The second-order valence-corrected chi connectivity index (χ2v) is 8.59. The molecule has 1 amide bonds. The van der Waals surface area contributed by atoms with Crippen molar-refractivity contribution in [2.45, 2.75) is 25.9 Å². The van der Waals surface area contributed by atoms with Crippen LogP contribution in [0.15, 0.2) is 71.8 Å². The molecule has 0 N–H and O–H groups in total. The van der Waals surface area contributed by atoms with Gasteiger partial charge in [0.25, 0.3) is 11.5 Å². The first-order valence-electron chi connectivity index (χ1n) is 10.1. The number of carbonyl (C=O) groups is 1. The highest BCUT2D eigenvalue weighted by Crippen LogP contribution is 2.32. The summed E-state index contributed by atoms with van der Waals surface area (Å²) in [4.78, 5) is 34.3. The Balaban J connectivity index is 1.41. The topological polar surface area (TPSA) is 55.2 Å². The third kappa shape index (κ3) is 3.44. The monoisotopic (exact) mass is 415 g/mol. The molecule has 0 bridgehead atoms. The molecule has 2 aromatic heterocycles. The fourth-order valence-corrected chi connectivity index (χ4v) is 5.20. The van der Waals surface area contributed by atoms with Crippen LogP contribution >= 0.6 is 11.3 Å². The van der Waals surface area contributed by atoms with Crippen LogP contribution in [0.25, 0.3) is 10.2 Å². The van der Waals surface area contributed by atoms with Gasteiger partial charge in [0.15, 0.2) is 0 Å². The summed E-state index contributed by atoms with van der Waals surface area (Å²) in [6.45, 7) is 1.76. The van der Waals surface area contributed by atoms with Crippen molar-refractivity contribution >= 4 is 27.5 Å². The zero-order valence-electron chi connectivity index (χ0n) is 16.5. The highest BCUT2D eigenvalue weighted by Gasteiger charge is 2.26. The van der Waals surface area contributed by atoms with E-state index in [4.69, 9.17) is 0 Å². The number of hydrogen-bond donors (Lipinski definition) is 0. The Morgan fingerprint density at radius 2 is 1.77 bits per heavy atom. The Hall–Kier alpha value is -3.25. The minimum absolute atomic E-state index is 0.0243. The number of rotatable bonds is 4. The van der Waals surface area contributed by atoms with Crippen LogP contribution in [0.4, 0.5) is 0 Å². The van der Waals surface area contributed by atoms with Gasteiger partial charge in [0.1, 0.15) is 4.83 Å². The molecule has 3 heterocycles. The van der Waals surface area contributed by atoms with Gasteiger partial charge in [0.05, 0.1) is 18.3 Å². The van der Waals surface area contributed by atoms with Gasteiger partial charge >= 0.3 is 0 Å². The molecule has 1 aliphatic heterocycles. The molecule has 1 aliphatic rings. The predicted octanol–water partition coefficient (Wildman–Crippen LogP) is 3.90. The van der Waals surface area contributed by atoms with Gasteiger partial charge in [-0.1, -0.05) is 48.5 Å². The molecule has 6 heteroatoms. The van der Waals surface area contributed by atoms with Gasteiger partial charge in [-0.05, 0) is 36.1 Å². The first-order chi connectivity index (χ1) is 14.7. The fourth-order valence-electron chi connectivity index (χ4n) is 4.01. The number of hydrogen-bond acceptors (Lipinski definition) is 4. The maximum absolute atomic E-state index is 13.2. The third-order valence-corrected chi connectivity index (χ3v) is 6.74. The van der Waals surface area contributed by atoms with Crippen molar-refractivity contribution in [2.24, 2.45) is 0 Å². The summed E-state index contributed by atoms with van der Waals surface area (Å²) < 4.78 is 1.71. The molecule has 5 rings (SSSR count). The van der Waals surface area contributed by atoms with Crippen LogP contribution in [-0.2, 0) is 25.9 Å². The molecule has 0 radical (unpaired) electrons. The molecular weight excluding hydrogens is 394 g/mol. The van der Waals surface area contributed by atoms with E-state index in [9.17, 15) is 9.59 Å². The second-order valence-electron chi connectivity index (χ2n) is 7.51. The van der Waals surface area contributed by atoms with Crippen molar-refractivity contribution in [1.29, 1.82) is 0 Å². The number of carbonyl (C=O) groups excluding carboxylic acids is 1. The molecule has 150 valence electrons. The Kier molecular flexibility index (Phi) is 4.93. The summed E-state index contributed by atoms with van der Waals surface area (Å²) in [5.41, 5.74) is 2.99.